The molecule has 0 unspecified atom stereocenters. The molecule has 1 aliphatic rings. The summed E-state index contributed by atoms with van der Waals surface area (Å²) in [6, 6.07) is 21.2. The van der Waals surface area contributed by atoms with Gasteiger partial charge in [-0.15, -0.1) is 0 Å². The van der Waals surface area contributed by atoms with E-state index in [-0.39, 0.29) is 5.91 Å². The molecule has 1 heterocycles. The van der Waals surface area contributed by atoms with E-state index in [1.165, 1.54) is 5.56 Å². The van der Waals surface area contributed by atoms with Crippen molar-refractivity contribution in [3.05, 3.63) is 66.2 Å². The maximum absolute atomic E-state index is 12.9. The van der Waals surface area contributed by atoms with Crippen LogP contribution in [0.3, 0.4) is 0 Å². The van der Waals surface area contributed by atoms with Crippen LogP contribution in [0, 0.1) is 0 Å². The summed E-state index contributed by atoms with van der Waals surface area (Å²) in [5, 5.41) is 0. The second kappa shape index (κ2) is 8.86. The smallest absolute Gasteiger partial charge is 0.242 e. The number of amides is 1. The molecule has 1 saturated heterocycles. The Morgan fingerprint density at radius 2 is 1.54 bits per heavy atom. The van der Waals surface area contributed by atoms with Gasteiger partial charge in [-0.25, -0.2) is 0 Å². The van der Waals surface area contributed by atoms with Crippen LogP contribution in [0.5, 0.6) is 0 Å². The largest absolute Gasteiger partial charge is 0.358 e. The summed E-state index contributed by atoms with van der Waals surface area (Å²) in [5.41, 5.74) is 2.31. The van der Waals surface area contributed by atoms with Gasteiger partial charge in [-0.05, 0) is 44.6 Å². The minimum atomic E-state index is 0.224. The Morgan fingerprint density at radius 3 is 2.12 bits per heavy atom. The molecule has 0 aromatic heterocycles. The van der Waals surface area contributed by atoms with Crippen LogP contribution in [0.25, 0.3) is 0 Å². The highest BCUT2D eigenvalue weighted by atomic mass is 16.2. The summed E-state index contributed by atoms with van der Waals surface area (Å²) in [4.78, 5) is 19.4. The van der Waals surface area contributed by atoms with Gasteiger partial charge in [0.05, 0.1) is 6.54 Å². The summed E-state index contributed by atoms with van der Waals surface area (Å²) in [6.07, 6.45) is 2.12. The molecule has 1 amide bonds. The molecule has 2 aromatic rings. The van der Waals surface area contributed by atoms with Crippen LogP contribution in [-0.2, 0) is 11.3 Å². The number of hydrogen-bond acceptors (Lipinski definition) is 3. The first-order chi connectivity index (χ1) is 12.6. The Morgan fingerprint density at radius 1 is 0.962 bits per heavy atom. The lowest BCUT2D eigenvalue weighted by Crippen LogP contribution is -2.47. The zero-order valence-electron chi connectivity index (χ0n) is 15.8. The molecule has 2 aromatic carbocycles. The van der Waals surface area contributed by atoms with Crippen molar-refractivity contribution in [1.29, 1.82) is 0 Å². The highest BCUT2D eigenvalue weighted by molar-refractivity contribution is 5.81. The summed E-state index contributed by atoms with van der Waals surface area (Å²) in [5.74, 6) is 0.224. The van der Waals surface area contributed by atoms with E-state index < -0.39 is 0 Å². The molecule has 0 bridgehead atoms. The van der Waals surface area contributed by atoms with Gasteiger partial charge in [0.15, 0.2) is 0 Å². The Labute approximate surface area is 157 Å². The van der Waals surface area contributed by atoms with Gasteiger partial charge in [0.2, 0.25) is 5.91 Å². The third-order valence-corrected chi connectivity index (χ3v) is 5.21. The summed E-state index contributed by atoms with van der Waals surface area (Å²) in [7, 11) is 4.25. The average molecular weight is 351 g/mol. The lowest BCUT2D eigenvalue weighted by atomic mass is 10.0. The maximum Gasteiger partial charge on any atom is 0.242 e. The van der Waals surface area contributed by atoms with Crippen LogP contribution in [-0.4, -0.2) is 55.5 Å². The van der Waals surface area contributed by atoms with Crippen molar-refractivity contribution in [2.45, 2.75) is 25.4 Å². The fourth-order valence-corrected chi connectivity index (χ4v) is 3.58. The van der Waals surface area contributed by atoms with Crippen molar-refractivity contribution >= 4 is 11.6 Å². The normalized spacial score (nSPS) is 15.3. The number of anilines is 1. The van der Waals surface area contributed by atoms with Crippen molar-refractivity contribution in [1.82, 2.24) is 9.80 Å². The first-order valence-corrected chi connectivity index (χ1v) is 9.41. The topological polar surface area (TPSA) is 26.8 Å². The van der Waals surface area contributed by atoms with Gasteiger partial charge in [0.1, 0.15) is 0 Å². The summed E-state index contributed by atoms with van der Waals surface area (Å²) >= 11 is 0. The summed E-state index contributed by atoms with van der Waals surface area (Å²) in [6.45, 7) is 2.88. The van der Waals surface area contributed by atoms with E-state index in [0.29, 0.717) is 12.6 Å². The van der Waals surface area contributed by atoms with Crippen molar-refractivity contribution in [3.8, 4) is 0 Å². The van der Waals surface area contributed by atoms with Gasteiger partial charge in [0, 0.05) is 31.4 Å². The predicted octanol–water partition coefficient (Wildman–Crippen LogP) is 3.25. The number of para-hydroxylation sites is 1. The van der Waals surface area contributed by atoms with E-state index >= 15 is 0 Å². The number of likely N-dealkylation sites (tertiary alicyclic amines) is 1. The minimum absolute atomic E-state index is 0.224. The number of rotatable bonds is 6. The van der Waals surface area contributed by atoms with Crippen LogP contribution < -0.4 is 4.90 Å². The van der Waals surface area contributed by atoms with Crippen LogP contribution in [0.15, 0.2) is 60.7 Å². The first-order valence-electron chi connectivity index (χ1n) is 9.41. The van der Waals surface area contributed by atoms with E-state index in [9.17, 15) is 4.79 Å². The highest BCUT2D eigenvalue weighted by Gasteiger charge is 2.25. The molecule has 0 aliphatic carbocycles. The molecule has 4 nitrogen and oxygen atoms in total. The fourth-order valence-electron chi connectivity index (χ4n) is 3.58. The molecule has 3 rings (SSSR count). The average Bonchev–Trinajstić information content (AvgIpc) is 2.69. The van der Waals surface area contributed by atoms with Crippen LogP contribution in [0.4, 0.5) is 5.69 Å². The van der Waals surface area contributed by atoms with Crippen LogP contribution in [0.1, 0.15) is 18.4 Å². The minimum Gasteiger partial charge on any atom is -0.358 e. The first kappa shape index (κ1) is 18.5. The molecule has 1 aliphatic heterocycles. The Kier molecular flexibility index (Phi) is 6.29. The van der Waals surface area contributed by atoms with E-state index in [2.05, 4.69) is 48.2 Å². The second-order valence-corrected chi connectivity index (χ2v) is 7.25. The molecule has 0 radical (unpaired) electrons. The fraction of sp³-hybridized carbons (Fsp3) is 0.409. The van der Waals surface area contributed by atoms with E-state index in [4.69, 9.17) is 0 Å². The van der Waals surface area contributed by atoms with Crippen LogP contribution >= 0.6 is 0 Å². The van der Waals surface area contributed by atoms with Gasteiger partial charge in [0.25, 0.3) is 0 Å². The Bertz CT molecular complexity index is 679. The van der Waals surface area contributed by atoms with Crippen molar-refractivity contribution in [2.24, 2.45) is 0 Å². The number of nitrogens with zero attached hydrogens (tertiary/aromatic N) is 3. The monoisotopic (exact) mass is 351 g/mol. The molecule has 0 N–H and O–H groups in total. The number of hydrogen-bond donors (Lipinski definition) is 0. The highest BCUT2D eigenvalue weighted by Crippen LogP contribution is 2.19. The third kappa shape index (κ3) is 4.85. The molecular formula is C22H29N3O. The number of carbonyl (C=O) groups is 1. The maximum atomic E-state index is 12.9. The molecule has 1 fully saturated rings. The molecular weight excluding hydrogens is 322 g/mol. The number of piperidine rings is 1. The van der Waals surface area contributed by atoms with Gasteiger partial charge in [-0.1, -0.05) is 48.5 Å². The molecule has 0 atom stereocenters. The predicted molar refractivity (Wildman–Crippen MR) is 107 cm³/mol. The SMILES string of the molecule is CN(C)C1CCN(C(=O)CN(Cc2ccccc2)c2ccccc2)CC1. The quantitative estimate of drug-likeness (QED) is 0.799. The Hall–Kier alpha value is -2.33. The molecule has 26 heavy (non-hydrogen) atoms. The molecule has 4 heteroatoms. The Balaban J connectivity index is 1.67. The zero-order valence-corrected chi connectivity index (χ0v) is 15.8. The van der Waals surface area contributed by atoms with Crippen LogP contribution in [0.2, 0.25) is 0 Å². The number of benzene rings is 2. The van der Waals surface area contributed by atoms with Crippen molar-refractivity contribution < 1.29 is 4.79 Å². The number of carbonyl (C=O) groups excluding carboxylic acids is 1. The lowest BCUT2D eigenvalue weighted by Gasteiger charge is -2.36. The second-order valence-electron chi connectivity index (χ2n) is 7.25. The van der Waals surface area contributed by atoms with Gasteiger partial charge in [-0.2, -0.15) is 0 Å². The molecule has 0 spiro atoms. The molecule has 138 valence electrons. The molecule has 0 saturated carbocycles. The van der Waals surface area contributed by atoms with E-state index in [0.717, 1.165) is 38.2 Å². The lowest BCUT2D eigenvalue weighted by molar-refractivity contribution is -0.131. The standard InChI is InChI=1S/C22H29N3O/c1-23(2)20-13-15-24(16-14-20)22(26)18-25(21-11-7-4-8-12-21)17-19-9-5-3-6-10-19/h3-12,20H,13-18H2,1-2H3. The van der Waals surface area contributed by atoms with Gasteiger partial charge < -0.3 is 14.7 Å². The van der Waals surface area contributed by atoms with E-state index in [1.54, 1.807) is 0 Å². The van der Waals surface area contributed by atoms with Gasteiger partial charge >= 0.3 is 0 Å². The van der Waals surface area contributed by atoms with Crippen molar-refractivity contribution in [3.63, 3.8) is 0 Å². The van der Waals surface area contributed by atoms with E-state index in [1.807, 2.05) is 41.3 Å². The third-order valence-electron chi connectivity index (χ3n) is 5.21. The summed E-state index contributed by atoms with van der Waals surface area (Å²) < 4.78 is 0. The zero-order chi connectivity index (χ0) is 18.4. The van der Waals surface area contributed by atoms with Crippen molar-refractivity contribution in [2.75, 3.05) is 38.6 Å². The van der Waals surface area contributed by atoms with Gasteiger partial charge in [-0.3, -0.25) is 4.79 Å².